The van der Waals surface area contributed by atoms with Crippen LogP contribution in [0.4, 0.5) is 0 Å². The van der Waals surface area contributed by atoms with Gasteiger partial charge in [0.2, 0.25) is 0 Å². The fourth-order valence-corrected chi connectivity index (χ4v) is 7.93. The second-order valence-electron chi connectivity index (χ2n) is 10.3. The van der Waals surface area contributed by atoms with Crippen molar-refractivity contribution in [1.82, 2.24) is 0 Å². The number of aliphatic hydroxyl groups excluding tert-OH is 3. The summed E-state index contributed by atoms with van der Waals surface area (Å²) in [5.41, 5.74) is -0.690. The lowest BCUT2D eigenvalue weighted by atomic mass is 10.2. The molecule has 0 fully saturated rings. The van der Waals surface area contributed by atoms with Gasteiger partial charge in [0, 0.05) is 47.1 Å². The summed E-state index contributed by atoms with van der Waals surface area (Å²) in [6.07, 6.45) is 0.649. The monoisotopic (exact) mass is 643 g/mol. The molecule has 2 unspecified atom stereocenters. The van der Waals surface area contributed by atoms with Crippen LogP contribution in [0.3, 0.4) is 0 Å². The van der Waals surface area contributed by atoms with E-state index in [1.165, 1.54) is 0 Å². The molecule has 262 valence electrons. The molecule has 3 N–H and O–H groups in total. The lowest BCUT2D eigenvalue weighted by Gasteiger charge is -2.34. The summed E-state index contributed by atoms with van der Waals surface area (Å²) in [4.78, 5) is 0. The maximum absolute atomic E-state index is 9.86. The van der Waals surface area contributed by atoms with Crippen molar-refractivity contribution in [3.8, 4) is 0 Å². The summed E-state index contributed by atoms with van der Waals surface area (Å²) in [5.74, 6) is 0. The number of hydrogen-bond donors (Lipinski definition) is 3. The zero-order valence-electron chi connectivity index (χ0n) is 24.0. The van der Waals surface area contributed by atoms with Crippen molar-refractivity contribution in [3.63, 3.8) is 0 Å². The highest BCUT2D eigenvalue weighted by Gasteiger charge is 2.43. The van der Waals surface area contributed by atoms with Crippen molar-refractivity contribution in [1.29, 1.82) is 0 Å². The molecule has 0 saturated heterocycles. The molecule has 0 amide bonds. The SMILES string of the molecule is C.C.C.C.C.C.CCCOCC(O)CC[Si](OC)(OC)OC(C)(C)C.CO[Si](CCC(O)CO)(OC)OC(C)(C)C. The molecular weight excluding hydrogens is 564 g/mol. The van der Waals surface area contributed by atoms with Crippen molar-refractivity contribution in [2.75, 3.05) is 48.3 Å². The molecule has 0 bridgehead atoms. The molecule has 2 atom stereocenters. The highest BCUT2D eigenvalue weighted by Crippen LogP contribution is 2.25. The van der Waals surface area contributed by atoms with E-state index in [1.54, 1.807) is 28.4 Å². The predicted octanol–water partition coefficient (Wildman–Crippen LogP) is 6.80. The molecule has 0 aromatic heterocycles. The molecule has 10 nitrogen and oxygen atoms in total. The third-order valence-electron chi connectivity index (χ3n) is 4.60. The Morgan fingerprint density at radius 2 is 0.927 bits per heavy atom. The van der Waals surface area contributed by atoms with Crippen LogP contribution in [0, 0.1) is 0 Å². The van der Waals surface area contributed by atoms with E-state index in [9.17, 15) is 10.2 Å². The first-order valence-corrected chi connectivity index (χ1v) is 16.1. The van der Waals surface area contributed by atoms with Crippen LogP contribution in [0.1, 0.15) is 112 Å². The maximum Gasteiger partial charge on any atom is 0.500 e. The van der Waals surface area contributed by atoms with Gasteiger partial charge in [0.15, 0.2) is 0 Å². The Bertz CT molecular complexity index is 507. The van der Waals surface area contributed by atoms with Gasteiger partial charge in [-0.3, -0.25) is 0 Å². The molecular formula is C29H78O10Si2. The molecule has 0 rings (SSSR count). The Labute approximate surface area is 260 Å². The molecule has 0 spiro atoms. The number of hydrogen-bond acceptors (Lipinski definition) is 10. The second-order valence-corrected chi connectivity index (χ2v) is 16.0. The zero-order chi connectivity index (χ0) is 27.8. The van der Waals surface area contributed by atoms with Crippen molar-refractivity contribution in [3.05, 3.63) is 0 Å². The summed E-state index contributed by atoms with van der Waals surface area (Å²) in [6, 6.07) is 1.06. The van der Waals surface area contributed by atoms with Crippen LogP contribution in [0.25, 0.3) is 0 Å². The highest BCUT2D eigenvalue weighted by molar-refractivity contribution is 6.61. The first-order valence-electron chi connectivity index (χ1n) is 12.2. The van der Waals surface area contributed by atoms with Crippen LogP contribution in [0.5, 0.6) is 0 Å². The molecule has 0 heterocycles. The van der Waals surface area contributed by atoms with E-state index >= 15 is 0 Å². The Morgan fingerprint density at radius 3 is 1.17 bits per heavy atom. The second kappa shape index (κ2) is 30.1. The largest absolute Gasteiger partial charge is 0.500 e. The summed E-state index contributed by atoms with van der Waals surface area (Å²) in [6.45, 7) is 14.5. The van der Waals surface area contributed by atoms with Crippen molar-refractivity contribution >= 4 is 17.6 Å². The van der Waals surface area contributed by atoms with Gasteiger partial charge in [-0.15, -0.1) is 0 Å². The van der Waals surface area contributed by atoms with Crippen molar-refractivity contribution < 1.29 is 46.6 Å². The van der Waals surface area contributed by atoms with Gasteiger partial charge in [0.1, 0.15) is 0 Å². The average molecular weight is 643 g/mol. The molecule has 0 aromatic rings. The average Bonchev–Trinajstić information content (AvgIpc) is 2.78. The number of aliphatic hydroxyl groups is 3. The summed E-state index contributed by atoms with van der Waals surface area (Å²) in [5, 5.41) is 27.9. The minimum Gasteiger partial charge on any atom is -0.394 e. The van der Waals surface area contributed by atoms with Gasteiger partial charge >= 0.3 is 17.6 Å². The van der Waals surface area contributed by atoms with Crippen LogP contribution >= 0.6 is 0 Å². The number of rotatable bonds is 17. The van der Waals surface area contributed by atoms with E-state index < -0.39 is 29.8 Å². The third-order valence-corrected chi connectivity index (χ3v) is 10.7. The third kappa shape index (κ3) is 31.3. The summed E-state index contributed by atoms with van der Waals surface area (Å²) >= 11 is 0. The standard InChI is InChI=1S/C13H30O5Si.C10H24O5Si.6CH4/c1-7-9-17-11-12(14)8-10-19(15-5,16-6)18-13(2,3)4;1-10(2,3)15-16(13-4,14-5)7-6-9(12)8-11;;;;;;/h12,14H,7-11H2,1-6H3;9,11-12H,6-8H2,1-5H3;6*1H4. The van der Waals surface area contributed by atoms with E-state index in [2.05, 4.69) is 0 Å². The fourth-order valence-electron chi connectivity index (χ4n) is 3.00. The van der Waals surface area contributed by atoms with Gasteiger partial charge in [0.05, 0.1) is 36.6 Å². The minimum absolute atomic E-state index is 0. The first-order chi connectivity index (χ1) is 16.1. The Balaban J connectivity index is -0.0000000780. The minimum atomic E-state index is -2.73. The highest BCUT2D eigenvalue weighted by atomic mass is 28.4. The van der Waals surface area contributed by atoms with E-state index in [0.717, 1.165) is 6.42 Å². The van der Waals surface area contributed by atoms with Crippen LogP contribution in [0.2, 0.25) is 12.1 Å². The van der Waals surface area contributed by atoms with Crippen LogP contribution in [-0.4, -0.2) is 105 Å². The van der Waals surface area contributed by atoms with Gasteiger partial charge < -0.3 is 46.6 Å². The van der Waals surface area contributed by atoms with Gasteiger partial charge in [-0.05, 0) is 60.8 Å². The molecule has 0 aromatic carbocycles. The molecule has 41 heavy (non-hydrogen) atoms. The van der Waals surface area contributed by atoms with E-state index in [1.807, 2.05) is 48.5 Å². The zero-order valence-corrected chi connectivity index (χ0v) is 26.0. The summed E-state index contributed by atoms with van der Waals surface area (Å²) < 4.78 is 38.8. The quantitative estimate of drug-likeness (QED) is 0.115. The topological polar surface area (TPSA) is 125 Å². The van der Waals surface area contributed by atoms with Gasteiger partial charge in [0.25, 0.3) is 0 Å². The molecule has 0 aliphatic rings. The normalized spacial score (nSPS) is 12.7. The molecule has 0 aliphatic heterocycles. The lowest BCUT2D eigenvalue weighted by Crippen LogP contribution is -2.49. The molecule has 12 heteroatoms. The first kappa shape index (κ1) is 60.3. The van der Waals surface area contributed by atoms with Gasteiger partial charge in [-0.2, -0.15) is 0 Å². The van der Waals surface area contributed by atoms with Crippen molar-refractivity contribution in [2.24, 2.45) is 0 Å². The van der Waals surface area contributed by atoms with Crippen LogP contribution in [-0.2, 0) is 31.3 Å². The van der Waals surface area contributed by atoms with E-state index in [4.69, 9.17) is 36.4 Å². The van der Waals surface area contributed by atoms with Gasteiger partial charge in [-0.1, -0.05) is 51.5 Å². The van der Waals surface area contributed by atoms with E-state index in [-0.39, 0.29) is 62.4 Å². The van der Waals surface area contributed by atoms with Crippen LogP contribution < -0.4 is 0 Å². The summed E-state index contributed by atoms with van der Waals surface area (Å²) in [7, 11) is 0.860. The lowest BCUT2D eigenvalue weighted by molar-refractivity contribution is 0.00634. The molecule has 0 aliphatic carbocycles. The molecule has 0 saturated carbocycles. The molecule has 0 radical (unpaired) electrons. The smallest absolute Gasteiger partial charge is 0.394 e. The Kier molecular flexibility index (Phi) is 44.2. The maximum atomic E-state index is 9.86. The fraction of sp³-hybridized carbons (Fsp3) is 1.00. The van der Waals surface area contributed by atoms with E-state index in [0.29, 0.717) is 38.1 Å². The van der Waals surface area contributed by atoms with Crippen molar-refractivity contribution in [2.45, 2.75) is 148 Å². The predicted molar refractivity (Wildman–Crippen MR) is 181 cm³/mol. The van der Waals surface area contributed by atoms with Gasteiger partial charge in [-0.25, -0.2) is 0 Å². The Hall–Kier alpha value is 0.0338. The number of ether oxygens (including phenoxy) is 1. The van der Waals surface area contributed by atoms with Crippen LogP contribution in [0.15, 0.2) is 0 Å². The Morgan fingerprint density at radius 1 is 0.610 bits per heavy atom.